The number of anilines is 1. The average molecular weight is 309 g/mol. The predicted octanol–water partition coefficient (Wildman–Crippen LogP) is 1.66. The van der Waals surface area contributed by atoms with Gasteiger partial charge in [0.25, 0.3) is 5.95 Å². The fourth-order valence-corrected chi connectivity index (χ4v) is 2.05. The van der Waals surface area contributed by atoms with Crippen molar-refractivity contribution in [1.29, 1.82) is 0 Å². The fraction of sp³-hybridized carbons (Fsp3) is 0.167. The van der Waals surface area contributed by atoms with E-state index in [1.54, 1.807) is 0 Å². The van der Waals surface area contributed by atoms with E-state index in [9.17, 15) is 13.2 Å². The Bertz CT molecular complexity index is 804. The van der Waals surface area contributed by atoms with E-state index in [1.165, 1.54) is 42.5 Å². The Morgan fingerprint density at radius 3 is 2.36 bits per heavy atom. The number of aromatic nitrogens is 6. The van der Waals surface area contributed by atoms with Crippen LogP contribution in [0.15, 0.2) is 30.7 Å². The maximum atomic E-state index is 13.3. The molecule has 0 bridgehead atoms. The molecular formula is C12H10F3N7. The number of hydrogen-bond donors (Lipinski definition) is 1. The van der Waals surface area contributed by atoms with Crippen LogP contribution in [0.2, 0.25) is 0 Å². The maximum Gasteiger partial charge on any atom is 0.435 e. The number of rotatable bonds is 2. The molecule has 0 atom stereocenters. The summed E-state index contributed by atoms with van der Waals surface area (Å²) in [4.78, 5) is 7.74. The second-order valence-electron chi connectivity index (χ2n) is 4.41. The van der Waals surface area contributed by atoms with E-state index >= 15 is 0 Å². The Balaban J connectivity index is 2.29. The van der Waals surface area contributed by atoms with Gasteiger partial charge in [-0.1, -0.05) is 0 Å². The highest BCUT2D eigenvalue weighted by Crippen LogP contribution is 2.39. The van der Waals surface area contributed by atoms with Crippen LogP contribution in [-0.2, 0) is 13.2 Å². The van der Waals surface area contributed by atoms with Crippen molar-refractivity contribution in [2.24, 2.45) is 7.05 Å². The monoisotopic (exact) mass is 309 g/mol. The minimum Gasteiger partial charge on any atom is -0.383 e. The summed E-state index contributed by atoms with van der Waals surface area (Å²) in [5.74, 6) is -0.249. The Morgan fingerprint density at radius 1 is 1.14 bits per heavy atom. The van der Waals surface area contributed by atoms with Crippen molar-refractivity contribution in [3.63, 3.8) is 0 Å². The van der Waals surface area contributed by atoms with Crippen LogP contribution in [0.1, 0.15) is 5.69 Å². The molecule has 7 nitrogen and oxygen atoms in total. The Morgan fingerprint density at radius 2 is 1.82 bits per heavy atom. The van der Waals surface area contributed by atoms with Gasteiger partial charge in [0, 0.05) is 25.6 Å². The number of nitrogen functional groups attached to an aromatic ring is 1. The Hall–Kier alpha value is -2.91. The third kappa shape index (κ3) is 2.18. The number of nitrogens with zero attached hydrogens (tertiary/aromatic N) is 6. The van der Waals surface area contributed by atoms with E-state index in [0.29, 0.717) is 0 Å². The summed E-state index contributed by atoms with van der Waals surface area (Å²) in [6.07, 6.45) is -0.514. The summed E-state index contributed by atoms with van der Waals surface area (Å²) < 4.78 is 42.0. The highest BCUT2D eigenvalue weighted by atomic mass is 19.4. The third-order valence-electron chi connectivity index (χ3n) is 3.01. The Labute approximate surface area is 122 Å². The van der Waals surface area contributed by atoms with Crippen LogP contribution in [0, 0.1) is 0 Å². The van der Waals surface area contributed by atoms with E-state index in [1.807, 2.05) is 0 Å². The highest BCUT2D eigenvalue weighted by molar-refractivity contribution is 5.75. The molecule has 0 amide bonds. The van der Waals surface area contributed by atoms with Gasteiger partial charge in [0.1, 0.15) is 5.82 Å². The van der Waals surface area contributed by atoms with Crippen LogP contribution in [-0.4, -0.2) is 29.5 Å². The van der Waals surface area contributed by atoms with Crippen LogP contribution in [0.25, 0.3) is 17.2 Å². The van der Waals surface area contributed by atoms with Gasteiger partial charge in [-0.15, -0.1) is 0 Å². The van der Waals surface area contributed by atoms with Crippen LogP contribution < -0.4 is 5.73 Å². The van der Waals surface area contributed by atoms with Gasteiger partial charge in [0.05, 0.1) is 11.3 Å². The number of nitrogens with two attached hydrogens (primary N) is 1. The largest absolute Gasteiger partial charge is 0.435 e. The Kier molecular flexibility index (Phi) is 3.08. The van der Waals surface area contributed by atoms with E-state index in [4.69, 9.17) is 5.73 Å². The van der Waals surface area contributed by atoms with E-state index in [2.05, 4.69) is 20.2 Å². The molecule has 3 aromatic rings. The lowest BCUT2D eigenvalue weighted by Crippen LogP contribution is -2.10. The van der Waals surface area contributed by atoms with Crippen LogP contribution in [0.4, 0.5) is 19.0 Å². The quantitative estimate of drug-likeness (QED) is 0.778. The number of halogens is 3. The summed E-state index contributed by atoms with van der Waals surface area (Å²) in [5, 5.41) is 7.41. The van der Waals surface area contributed by atoms with E-state index in [-0.39, 0.29) is 23.0 Å². The van der Waals surface area contributed by atoms with Gasteiger partial charge >= 0.3 is 6.18 Å². The lowest BCUT2D eigenvalue weighted by atomic mass is 10.1. The first kappa shape index (κ1) is 14.0. The normalized spacial score (nSPS) is 11.8. The fourth-order valence-electron chi connectivity index (χ4n) is 2.05. The zero-order valence-corrected chi connectivity index (χ0v) is 11.3. The first-order chi connectivity index (χ1) is 10.4. The smallest absolute Gasteiger partial charge is 0.383 e. The van der Waals surface area contributed by atoms with E-state index < -0.39 is 11.9 Å². The number of aryl methyl sites for hydroxylation is 1. The molecule has 114 valence electrons. The molecule has 0 saturated carbocycles. The van der Waals surface area contributed by atoms with Crippen LogP contribution >= 0.6 is 0 Å². The molecule has 10 heteroatoms. The molecule has 0 aliphatic rings. The third-order valence-corrected chi connectivity index (χ3v) is 3.01. The van der Waals surface area contributed by atoms with Gasteiger partial charge in [0.15, 0.2) is 5.69 Å². The standard InChI is InChI=1S/C12H10F3N7/c1-21-7(3-6-19-21)8-9(12(13,14)15)20-22(10(8)16)11-17-4-2-5-18-11/h2-6H,16H2,1H3. The van der Waals surface area contributed by atoms with Gasteiger partial charge in [0.2, 0.25) is 0 Å². The van der Waals surface area contributed by atoms with Crippen molar-refractivity contribution in [3.05, 3.63) is 36.4 Å². The maximum absolute atomic E-state index is 13.3. The molecule has 3 heterocycles. The molecule has 0 saturated heterocycles. The lowest BCUT2D eigenvalue weighted by molar-refractivity contribution is -0.140. The summed E-state index contributed by atoms with van der Waals surface area (Å²) in [6.45, 7) is 0. The van der Waals surface area contributed by atoms with Crippen molar-refractivity contribution < 1.29 is 13.2 Å². The molecule has 0 radical (unpaired) electrons. The van der Waals surface area contributed by atoms with Crippen molar-refractivity contribution in [2.45, 2.75) is 6.18 Å². The molecule has 22 heavy (non-hydrogen) atoms. The topological polar surface area (TPSA) is 87.4 Å². The van der Waals surface area contributed by atoms with Gasteiger partial charge in [-0.3, -0.25) is 4.68 Å². The first-order valence-corrected chi connectivity index (χ1v) is 6.11. The summed E-state index contributed by atoms with van der Waals surface area (Å²) in [6, 6.07) is 2.97. The van der Waals surface area contributed by atoms with Crippen LogP contribution in [0.3, 0.4) is 0 Å². The molecule has 0 fully saturated rings. The highest BCUT2D eigenvalue weighted by Gasteiger charge is 2.40. The molecule has 3 aromatic heterocycles. The number of alkyl halides is 3. The van der Waals surface area contributed by atoms with Crippen molar-refractivity contribution in [2.75, 3.05) is 5.73 Å². The zero-order chi connectivity index (χ0) is 15.9. The molecule has 0 aliphatic heterocycles. The molecule has 0 aliphatic carbocycles. The summed E-state index contributed by atoms with van der Waals surface area (Å²) in [5.41, 5.74) is 4.71. The minimum atomic E-state index is -4.67. The summed E-state index contributed by atoms with van der Waals surface area (Å²) in [7, 11) is 1.52. The summed E-state index contributed by atoms with van der Waals surface area (Å²) >= 11 is 0. The van der Waals surface area contributed by atoms with Gasteiger partial charge in [-0.05, 0) is 12.1 Å². The van der Waals surface area contributed by atoms with Gasteiger partial charge < -0.3 is 5.73 Å². The van der Waals surface area contributed by atoms with Crippen LogP contribution in [0.5, 0.6) is 0 Å². The second kappa shape index (κ2) is 4.83. The predicted molar refractivity (Wildman–Crippen MR) is 70.8 cm³/mol. The minimum absolute atomic E-state index is 0.0427. The number of hydrogen-bond acceptors (Lipinski definition) is 5. The van der Waals surface area contributed by atoms with Gasteiger partial charge in [-0.2, -0.15) is 28.1 Å². The molecular weight excluding hydrogens is 299 g/mol. The van der Waals surface area contributed by atoms with Crippen molar-refractivity contribution in [3.8, 4) is 17.2 Å². The molecule has 0 spiro atoms. The molecule has 0 aromatic carbocycles. The zero-order valence-electron chi connectivity index (χ0n) is 11.3. The average Bonchev–Trinajstić information content (AvgIpc) is 3.02. The van der Waals surface area contributed by atoms with Crippen molar-refractivity contribution >= 4 is 5.82 Å². The van der Waals surface area contributed by atoms with E-state index in [0.717, 1.165) is 4.68 Å². The second-order valence-corrected chi connectivity index (χ2v) is 4.41. The molecule has 2 N–H and O–H groups in total. The van der Waals surface area contributed by atoms with Gasteiger partial charge in [-0.25, -0.2) is 9.97 Å². The lowest BCUT2D eigenvalue weighted by Gasteiger charge is -2.06. The molecule has 0 unspecified atom stereocenters. The molecule has 3 rings (SSSR count). The first-order valence-electron chi connectivity index (χ1n) is 6.11. The van der Waals surface area contributed by atoms with Crippen molar-refractivity contribution in [1.82, 2.24) is 29.5 Å². The SMILES string of the molecule is Cn1nccc1-c1c(C(F)(F)F)nn(-c2ncccn2)c1N.